The molecule has 0 fully saturated rings. The Morgan fingerprint density at radius 3 is 2.89 bits per heavy atom. The van der Waals surface area contributed by atoms with E-state index in [2.05, 4.69) is 10.4 Å². The average molecular weight is 246 g/mol. The Morgan fingerprint density at radius 1 is 1.50 bits per heavy atom. The van der Waals surface area contributed by atoms with Crippen LogP contribution < -0.4 is 5.32 Å². The van der Waals surface area contributed by atoms with Gasteiger partial charge >= 0.3 is 0 Å². The van der Waals surface area contributed by atoms with Crippen molar-refractivity contribution in [1.82, 2.24) is 9.78 Å². The van der Waals surface area contributed by atoms with Crippen LogP contribution in [0.5, 0.6) is 0 Å². The van der Waals surface area contributed by atoms with Crippen LogP contribution >= 0.6 is 0 Å². The second-order valence-electron chi connectivity index (χ2n) is 4.10. The molecule has 1 N–H and O–H groups in total. The number of benzene rings is 1. The molecule has 94 valence electrons. The molecule has 18 heavy (non-hydrogen) atoms. The summed E-state index contributed by atoms with van der Waals surface area (Å²) in [6.07, 6.45) is 3.60. The van der Waals surface area contributed by atoms with Gasteiger partial charge in [0.15, 0.2) is 0 Å². The van der Waals surface area contributed by atoms with E-state index in [4.69, 9.17) is 0 Å². The average Bonchev–Trinajstić information content (AvgIpc) is 2.72. The monoisotopic (exact) mass is 246 g/mol. The number of nitro benzene ring substituents is 1. The van der Waals surface area contributed by atoms with Crippen molar-refractivity contribution < 1.29 is 4.92 Å². The highest BCUT2D eigenvalue weighted by Crippen LogP contribution is 2.28. The number of rotatable bonds is 4. The predicted octanol–water partition coefficient (Wildman–Crippen LogP) is 2.25. The largest absolute Gasteiger partial charge is 0.375 e. The van der Waals surface area contributed by atoms with Crippen molar-refractivity contribution in [2.45, 2.75) is 13.5 Å². The predicted molar refractivity (Wildman–Crippen MR) is 68.4 cm³/mol. The summed E-state index contributed by atoms with van der Waals surface area (Å²) in [6, 6.07) is 5.24. The Balaban J connectivity index is 2.19. The minimum absolute atomic E-state index is 0.126. The molecule has 0 spiro atoms. The van der Waals surface area contributed by atoms with Gasteiger partial charge in [-0.1, -0.05) is 12.1 Å². The molecule has 6 nitrogen and oxygen atoms in total. The molecule has 0 radical (unpaired) electrons. The molecule has 6 heteroatoms. The van der Waals surface area contributed by atoms with Gasteiger partial charge in [-0.15, -0.1) is 0 Å². The third-order valence-electron chi connectivity index (χ3n) is 2.66. The van der Waals surface area contributed by atoms with Crippen molar-refractivity contribution in [3.8, 4) is 0 Å². The molecule has 1 aromatic carbocycles. The van der Waals surface area contributed by atoms with E-state index in [0.29, 0.717) is 17.8 Å². The summed E-state index contributed by atoms with van der Waals surface area (Å²) < 4.78 is 1.70. The van der Waals surface area contributed by atoms with Crippen molar-refractivity contribution in [1.29, 1.82) is 0 Å². The van der Waals surface area contributed by atoms with E-state index in [0.717, 1.165) is 5.56 Å². The summed E-state index contributed by atoms with van der Waals surface area (Å²) in [5.41, 5.74) is 2.29. The smallest absolute Gasteiger partial charge is 0.295 e. The lowest BCUT2D eigenvalue weighted by Crippen LogP contribution is -2.03. The molecule has 0 saturated carbocycles. The molecule has 2 rings (SSSR count). The van der Waals surface area contributed by atoms with Crippen LogP contribution in [-0.2, 0) is 13.6 Å². The quantitative estimate of drug-likeness (QED) is 0.663. The number of nitrogens with zero attached hydrogens (tertiary/aromatic N) is 3. The van der Waals surface area contributed by atoms with Gasteiger partial charge in [0.2, 0.25) is 0 Å². The van der Waals surface area contributed by atoms with Gasteiger partial charge in [-0.25, -0.2) is 0 Å². The number of para-hydroxylation sites is 1. The van der Waals surface area contributed by atoms with Gasteiger partial charge in [0.1, 0.15) is 5.69 Å². The summed E-state index contributed by atoms with van der Waals surface area (Å²) in [6.45, 7) is 2.24. The number of hydrogen-bond acceptors (Lipinski definition) is 4. The van der Waals surface area contributed by atoms with E-state index in [1.165, 1.54) is 0 Å². The molecule has 0 atom stereocenters. The summed E-state index contributed by atoms with van der Waals surface area (Å²) in [7, 11) is 1.83. The van der Waals surface area contributed by atoms with Crippen molar-refractivity contribution in [3.05, 3.63) is 51.8 Å². The lowest BCUT2D eigenvalue weighted by molar-refractivity contribution is -0.384. The van der Waals surface area contributed by atoms with E-state index in [1.54, 1.807) is 36.0 Å². The molecule has 0 aliphatic carbocycles. The normalized spacial score (nSPS) is 10.3. The summed E-state index contributed by atoms with van der Waals surface area (Å²) in [5, 5.41) is 18.1. The maximum Gasteiger partial charge on any atom is 0.295 e. The van der Waals surface area contributed by atoms with Gasteiger partial charge < -0.3 is 5.32 Å². The first-order valence-electron chi connectivity index (χ1n) is 5.53. The van der Waals surface area contributed by atoms with Crippen molar-refractivity contribution in [2.24, 2.45) is 7.05 Å². The van der Waals surface area contributed by atoms with E-state index >= 15 is 0 Å². The molecular weight excluding hydrogens is 232 g/mol. The molecule has 0 amide bonds. The highest BCUT2D eigenvalue weighted by molar-refractivity contribution is 5.65. The van der Waals surface area contributed by atoms with Gasteiger partial charge in [-0.05, 0) is 13.0 Å². The maximum atomic E-state index is 11.0. The Hall–Kier alpha value is -2.37. The first-order chi connectivity index (χ1) is 8.58. The molecule has 0 bridgehead atoms. The highest BCUT2D eigenvalue weighted by Gasteiger charge is 2.16. The highest BCUT2D eigenvalue weighted by atomic mass is 16.6. The standard InChI is InChI=1S/C12H14N4O2/c1-9-4-3-5-11(12(9)16(17)18)13-6-10-7-14-15(2)8-10/h3-5,7-8,13H,6H2,1-2H3. The minimum Gasteiger partial charge on any atom is -0.375 e. The van der Waals surface area contributed by atoms with Gasteiger partial charge in [-0.3, -0.25) is 14.8 Å². The molecular formula is C12H14N4O2. The molecule has 2 aromatic rings. The number of nitrogens with one attached hydrogen (secondary N) is 1. The Labute approximate surface area is 104 Å². The fourth-order valence-corrected chi connectivity index (χ4v) is 1.80. The fraction of sp³-hybridized carbons (Fsp3) is 0.250. The van der Waals surface area contributed by atoms with Crippen molar-refractivity contribution >= 4 is 11.4 Å². The molecule has 0 aliphatic heterocycles. The van der Waals surface area contributed by atoms with Gasteiger partial charge in [0, 0.05) is 30.9 Å². The Morgan fingerprint density at radius 2 is 2.28 bits per heavy atom. The third-order valence-corrected chi connectivity index (χ3v) is 2.66. The van der Waals surface area contributed by atoms with Gasteiger partial charge in [0.05, 0.1) is 11.1 Å². The van der Waals surface area contributed by atoms with Crippen LogP contribution in [0.25, 0.3) is 0 Å². The SMILES string of the molecule is Cc1cccc(NCc2cnn(C)c2)c1[N+](=O)[O-]. The lowest BCUT2D eigenvalue weighted by atomic mass is 10.1. The van der Waals surface area contributed by atoms with Crippen LogP contribution in [0, 0.1) is 17.0 Å². The zero-order valence-electron chi connectivity index (χ0n) is 10.3. The van der Waals surface area contributed by atoms with Crippen LogP contribution in [0.15, 0.2) is 30.6 Å². The molecule has 1 aromatic heterocycles. The number of anilines is 1. The second-order valence-corrected chi connectivity index (χ2v) is 4.10. The molecule has 0 saturated heterocycles. The second kappa shape index (κ2) is 4.87. The van der Waals surface area contributed by atoms with Gasteiger partial charge in [0.25, 0.3) is 5.69 Å². The zero-order valence-corrected chi connectivity index (χ0v) is 10.3. The van der Waals surface area contributed by atoms with E-state index in [-0.39, 0.29) is 10.6 Å². The number of hydrogen-bond donors (Lipinski definition) is 1. The van der Waals surface area contributed by atoms with Crippen LogP contribution in [-0.4, -0.2) is 14.7 Å². The van der Waals surface area contributed by atoms with Crippen LogP contribution in [0.3, 0.4) is 0 Å². The van der Waals surface area contributed by atoms with Crippen LogP contribution in [0.2, 0.25) is 0 Å². The van der Waals surface area contributed by atoms with E-state index in [1.807, 2.05) is 13.2 Å². The topological polar surface area (TPSA) is 73.0 Å². The van der Waals surface area contributed by atoms with Crippen molar-refractivity contribution in [2.75, 3.05) is 5.32 Å². The number of aryl methyl sites for hydroxylation is 2. The van der Waals surface area contributed by atoms with Crippen LogP contribution in [0.4, 0.5) is 11.4 Å². The summed E-state index contributed by atoms with van der Waals surface area (Å²) >= 11 is 0. The first-order valence-corrected chi connectivity index (χ1v) is 5.53. The maximum absolute atomic E-state index is 11.0. The fourth-order valence-electron chi connectivity index (χ4n) is 1.80. The van der Waals surface area contributed by atoms with Crippen LogP contribution in [0.1, 0.15) is 11.1 Å². The molecule has 1 heterocycles. The zero-order chi connectivity index (χ0) is 13.1. The molecule has 0 unspecified atom stereocenters. The Bertz CT molecular complexity index is 577. The first kappa shape index (κ1) is 12.1. The van der Waals surface area contributed by atoms with E-state index < -0.39 is 0 Å². The van der Waals surface area contributed by atoms with Crippen molar-refractivity contribution in [3.63, 3.8) is 0 Å². The summed E-state index contributed by atoms with van der Waals surface area (Å²) in [4.78, 5) is 10.6. The minimum atomic E-state index is -0.360. The van der Waals surface area contributed by atoms with Gasteiger partial charge in [-0.2, -0.15) is 5.10 Å². The third kappa shape index (κ3) is 2.48. The Kier molecular flexibility index (Phi) is 3.27. The number of nitro groups is 1. The molecule has 0 aliphatic rings. The number of aromatic nitrogens is 2. The van der Waals surface area contributed by atoms with E-state index in [9.17, 15) is 10.1 Å². The lowest BCUT2D eigenvalue weighted by Gasteiger charge is -2.07. The summed E-state index contributed by atoms with van der Waals surface area (Å²) in [5.74, 6) is 0.